The monoisotopic (exact) mass is 310 g/mol. The highest BCUT2D eigenvalue weighted by atomic mass is 32.2. The summed E-state index contributed by atoms with van der Waals surface area (Å²) in [7, 11) is 0. The molecule has 0 saturated carbocycles. The quantitative estimate of drug-likeness (QED) is 0.749. The summed E-state index contributed by atoms with van der Waals surface area (Å²) in [6.45, 7) is 0.250. The van der Waals surface area contributed by atoms with Crippen LogP contribution in [0.1, 0.15) is 12.8 Å². The van der Waals surface area contributed by atoms with E-state index < -0.39 is 12.6 Å². The molecule has 0 aromatic heterocycles. The largest absolute Gasteiger partial charge is 0.482 e. The maximum Gasteiger partial charge on any atom is 0.341 e. The van der Waals surface area contributed by atoms with E-state index >= 15 is 0 Å². The van der Waals surface area contributed by atoms with E-state index in [0.29, 0.717) is 23.2 Å². The molecule has 1 saturated heterocycles. The van der Waals surface area contributed by atoms with Crippen molar-refractivity contribution in [1.29, 1.82) is 0 Å². The van der Waals surface area contributed by atoms with Crippen molar-refractivity contribution in [3.63, 3.8) is 0 Å². The van der Waals surface area contributed by atoms with Crippen LogP contribution in [-0.2, 0) is 4.79 Å². The second-order valence-electron chi connectivity index (χ2n) is 4.68. The zero-order valence-corrected chi connectivity index (χ0v) is 12.3. The third kappa shape index (κ3) is 5.55. The first-order valence-electron chi connectivity index (χ1n) is 6.74. The number of carboxylic acids is 1. The minimum Gasteiger partial charge on any atom is -0.482 e. The Morgan fingerprint density at radius 2 is 2.29 bits per heavy atom. The van der Waals surface area contributed by atoms with E-state index in [1.165, 1.54) is 6.42 Å². The zero-order chi connectivity index (χ0) is 15.1. The number of carbonyl (C=O) groups excluding carboxylic acids is 1. The molecule has 1 aromatic rings. The van der Waals surface area contributed by atoms with E-state index in [-0.39, 0.29) is 6.03 Å². The number of ether oxygens (including phenoxy) is 1. The summed E-state index contributed by atoms with van der Waals surface area (Å²) in [5, 5.41) is 14.6. The fourth-order valence-corrected chi connectivity index (χ4v) is 3.20. The van der Waals surface area contributed by atoms with Crippen molar-refractivity contribution in [2.45, 2.75) is 18.1 Å². The number of urea groups is 1. The molecule has 1 aliphatic heterocycles. The number of aliphatic carboxylic acids is 1. The average Bonchev–Trinajstić information content (AvgIpc) is 2.97. The van der Waals surface area contributed by atoms with Crippen molar-refractivity contribution in [3.05, 3.63) is 24.3 Å². The number of carbonyl (C=O) groups is 2. The van der Waals surface area contributed by atoms with Crippen LogP contribution in [0.25, 0.3) is 0 Å². The van der Waals surface area contributed by atoms with E-state index in [0.717, 1.165) is 12.2 Å². The van der Waals surface area contributed by atoms with Crippen molar-refractivity contribution >= 4 is 29.4 Å². The second-order valence-corrected chi connectivity index (χ2v) is 6.09. The molecular weight excluding hydrogens is 292 g/mol. The maximum absolute atomic E-state index is 11.8. The molecule has 2 amide bonds. The van der Waals surface area contributed by atoms with Crippen molar-refractivity contribution in [2.24, 2.45) is 0 Å². The first-order chi connectivity index (χ1) is 10.1. The van der Waals surface area contributed by atoms with Gasteiger partial charge in [0.25, 0.3) is 0 Å². The predicted octanol–water partition coefficient (Wildman–Crippen LogP) is 2.17. The molecule has 6 nitrogen and oxygen atoms in total. The first-order valence-corrected chi connectivity index (χ1v) is 7.79. The van der Waals surface area contributed by atoms with Gasteiger partial charge in [-0.05, 0) is 30.7 Å². The van der Waals surface area contributed by atoms with Crippen molar-refractivity contribution in [1.82, 2.24) is 5.32 Å². The van der Waals surface area contributed by atoms with Gasteiger partial charge in [-0.25, -0.2) is 9.59 Å². The number of thioether (sulfide) groups is 1. The summed E-state index contributed by atoms with van der Waals surface area (Å²) >= 11 is 1.88. The topological polar surface area (TPSA) is 87.7 Å². The SMILES string of the molecule is O=C(O)COc1cccc(NC(=O)NCC2CCCS2)c1. The highest BCUT2D eigenvalue weighted by Gasteiger charge is 2.16. The van der Waals surface area contributed by atoms with Gasteiger partial charge in [-0.2, -0.15) is 11.8 Å². The van der Waals surface area contributed by atoms with Gasteiger partial charge in [0.1, 0.15) is 5.75 Å². The second kappa shape index (κ2) is 7.78. The summed E-state index contributed by atoms with van der Waals surface area (Å²) in [5.41, 5.74) is 0.564. The molecule has 21 heavy (non-hydrogen) atoms. The van der Waals surface area contributed by atoms with E-state index in [1.54, 1.807) is 24.3 Å². The van der Waals surface area contributed by atoms with Crippen LogP contribution in [0.4, 0.5) is 10.5 Å². The van der Waals surface area contributed by atoms with Gasteiger partial charge in [0.15, 0.2) is 6.61 Å². The molecule has 2 rings (SSSR count). The van der Waals surface area contributed by atoms with Gasteiger partial charge >= 0.3 is 12.0 Å². The lowest BCUT2D eigenvalue weighted by atomic mass is 10.2. The van der Waals surface area contributed by atoms with Crippen LogP contribution in [-0.4, -0.2) is 41.3 Å². The first kappa shape index (κ1) is 15.5. The Kier molecular flexibility index (Phi) is 5.74. The van der Waals surface area contributed by atoms with Crippen LogP contribution in [0, 0.1) is 0 Å². The van der Waals surface area contributed by atoms with Gasteiger partial charge in [0.05, 0.1) is 0 Å². The minimum absolute atomic E-state index is 0.266. The van der Waals surface area contributed by atoms with Gasteiger partial charge in [-0.15, -0.1) is 0 Å². The van der Waals surface area contributed by atoms with Gasteiger partial charge in [-0.3, -0.25) is 0 Å². The molecule has 1 fully saturated rings. The summed E-state index contributed by atoms with van der Waals surface area (Å²) in [5.74, 6) is 0.526. The lowest BCUT2D eigenvalue weighted by molar-refractivity contribution is -0.139. The Morgan fingerprint density at radius 3 is 3.00 bits per heavy atom. The van der Waals surface area contributed by atoms with Crippen LogP contribution in [0.15, 0.2) is 24.3 Å². The number of hydrogen-bond donors (Lipinski definition) is 3. The third-order valence-electron chi connectivity index (χ3n) is 2.97. The standard InChI is InChI=1S/C14H18N2O4S/c17-13(18)9-20-11-4-1-3-10(7-11)16-14(19)15-8-12-5-2-6-21-12/h1,3-4,7,12H,2,5-6,8-9H2,(H,17,18)(H2,15,16,19). The van der Waals surface area contributed by atoms with E-state index in [1.807, 2.05) is 11.8 Å². The molecule has 0 bridgehead atoms. The number of nitrogens with one attached hydrogen (secondary N) is 2. The van der Waals surface area contributed by atoms with E-state index in [2.05, 4.69) is 10.6 Å². The number of rotatable bonds is 6. The predicted molar refractivity (Wildman–Crippen MR) is 82.1 cm³/mol. The normalized spacial score (nSPS) is 17.2. The van der Waals surface area contributed by atoms with Crippen molar-refractivity contribution in [2.75, 3.05) is 24.2 Å². The molecule has 0 radical (unpaired) electrons. The molecular formula is C14H18N2O4S. The highest BCUT2D eigenvalue weighted by Crippen LogP contribution is 2.25. The molecule has 0 aliphatic carbocycles. The lowest BCUT2D eigenvalue weighted by Gasteiger charge is -2.12. The smallest absolute Gasteiger partial charge is 0.341 e. The average molecular weight is 310 g/mol. The Balaban J connectivity index is 1.79. The number of anilines is 1. The van der Waals surface area contributed by atoms with E-state index in [4.69, 9.17) is 9.84 Å². The molecule has 1 unspecified atom stereocenters. The van der Waals surface area contributed by atoms with Gasteiger partial charge in [0.2, 0.25) is 0 Å². The number of amides is 2. The molecule has 1 aliphatic rings. The lowest BCUT2D eigenvalue weighted by Crippen LogP contribution is -2.33. The summed E-state index contributed by atoms with van der Waals surface area (Å²) in [6.07, 6.45) is 2.35. The summed E-state index contributed by atoms with van der Waals surface area (Å²) in [4.78, 5) is 22.2. The minimum atomic E-state index is -1.04. The van der Waals surface area contributed by atoms with Gasteiger partial charge in [-0.1, -0.05) is 6.07 Å². The Morgan fingerprint density at radius 1 is 1.43 bits per heavy atom. The summed E-state index contributed by atoms with van der Waals surface area (Å²) < 4.78 is 5.06. The van der Waals surface area contributed by atoms with Gasteiger partial charge in [0, 0.05) is 23.5 Å². The third-order valence-corrected chi connectivity index (χ3v) is 4.37. The van der Waals surface area contributed by atoms with Crippen LogP contribution < -0.4 is 15.4 Å². The molecule has 0 spiro atoms. The number of benzene rings is 1. The Bertz CT molecular complexity index is 504. The van der Waals surface area contributed by atoms with Crippen LogP contribution in [0.2, 0.25) is 0 Å². The van der Waals surface area contributed by atoms with Crippen molar-refractivity contribution in [3.8, 4) is 5.75 Å². The van der Waals surface area contributed by atoms with Gasteiger partial charge < -0.3 is 20.5 Å². The molecule has 1 atom stereocenters. The molecule has 1 heterocycles. The van der Waals surface area contributed by atoms with Crippen molar-refractivity contribution < 1.29 is 19.4 Å². The summed E-state index contributed by atoms with van der Waals surface area (Å²) in [6, 6.07) is 6.38. The highest BCUT2D eigenvalue weighted by molar-refractivity contribution is 8.00. The Hall–Kier alpha value is -1.89. The van der Waals surface area contributed by atoms with Crippen LogP contribution in [0.3, 0.4) is 0 Å². The van der Waals surface area contributed by atoms with Crippen LogP contribution in [0.5, 0.6) is 5.75 Å². The number of carboxylic acid groups (broad SMARTS) is 1. The number of hydrogen-bond acceptors (Lipinski definition) is 4. The Labute approximate surface area is 127 Å². The molecule has 7 heteroatoms. The van der Waals surface area contributed by atoms with Crippen LogP contribution >= 0.6 is 11.8 Å². The fourth-order valence-electron chi connectivity index (χ4n) is 2.00. The molecule has 3 N–H and O–H groups in total. The zero-order valence-electron chi connectivity index (χ0n) is 11.5. The van der Waals surface area contributed by atoms with E-state index in [9.17, 15) is 9.59 Å². The molecule has 1 aromatic carbocycles. The molecule has 114 valence electrons. The maximum atomic E-state index is 11.8. The fraction of sp³-hybridized carbons (Fsp3) is 0.429.